The lowest BCUT2D eigenvalue weighted by atomic mass is 9.88. The number of carbonyl (C=O) groups is 1. The van der Waals surface area contributed by atoms with E-state index in [1.807, 2.05) is 18.2 Å². The summed E-state index contributed by atoms with van der Waals surface area (Å²) in [6.07, 6.45) is 9.38. The number of nitrogens with zero attached hydrogens (tertiary/aromatic N) is 2. The van der Waals surface area contributed by atoms with Crippen LogP contribution in [0.3, 0.4) is 0 Å². The summed E-state index contributed by atoms with van der Waals surface area (Å²) in [6, 6.07) is 8.47. The van der Waals surface area contributed by atoms with Gasteiger partial charge in [-0.05, 0) is 44.1 Å². The first kappa shape index (κ1) is 24.1. The zero-order valence-electron chi connectivity index (χ0n) is 18.6. The lowest BCUT2D eigenvalue weighted by Gasteiger charge is -2.26. The van der Waals surface area contributed by atoms with Gasteiger partial charge in [-0.25, -0.2) is 0 Å². The van der Waals surface area contributed by atoms with Gasteiger partial charge in [0.15, 0.2) is 5.96 Å². The lowest BCUT2D eigenvalue weighted by molar-refractivity contribution is -0.135. The van der Waals surface area contributed by atoms with Crippen LogP contribution >= 0.6 is 24.0 Å². The molecule has 1 atom stereocenters. The molecule has 2 N–H and O–H groups in total. The highest BCUT2D eigenvalue weighted by atomic mass is 127. The van der Waals surface area contributed by atoms with Gasteiger partial charge in [0.1, 0.15) is 5.75 Å². The molecular formula is C24H37IN4O2. The second kappa shape index (κ2) is 11.9. The average molecular weight is 540 g/mol. The number of para-hydroxylation sites is 1. The number of amides is 1. The number of likely N-dealkylation sites (tertiary alicyclic amines) is 1. The number of ether oxygens (including phenoxy) is 1. The minimum Gasteiger partial charge on any atom is -0.493 e. The summed E-state index contributed by atoms with van der Waals surface area (Å²) in [5, 5.41) is 6.93. The van der Waals surface area contributed by atoms with Crippen molar-refractivity contribution in [2.45, 2.75) is 64.0 Å². The molecule has 0 spiro atoms. The zero-order valence-corrected chi connectivity index (χ0v) is 21.0. The van der Waals surface area contributed by atoms with E-state index in [9.17, 15) is 4.79 Å². The molecule has 1 saturated heterocycles. The van der Waals surface area contributed by atoms with E-state index in [1.54, 1.807) is 7.05 Å². The van der Waals surface area contributed by atoms with Crippen molar-refractivity contribution < 1.29 is 9.53 Å². The summed E-state index contributed by atoms with van der Waals surface area (Å²) in [5.74, 6) is 3.09. The number of aliphatic imine (C=N–C) groups is 1. The van der Waals surface area contributed by atoms with Crippen LogP contribution in [0.15, 0.2) is 29.3 Å². The van der Waals surface area contributed by atoms with Crippen molar-refractivity contribution in [3.05, 3.63) is 29.8 Å². The van der Waals surface area contributed by atoms with Crippen molar-refractivity contribution in [1.82, 2.24) is 15.5 Å². The fourth-order valence-electron chi connectivity index (χ4n) is 4.54. The van der Waals surface area contributed by atoms with E-state index in [4.69, 9.17) is 4.74 Å². The van der Waals surface area contributed by atoms with Crippen LogP contribution in [-0.4, -0.2) is 49.6 Å². The number of benzene rings is 1. The van der Waals surface area contributed by atoms with Gasteiger partial charge in [0.25, 0.3) is 0 Å². The van der Waals surface area contributed by atoms with E-state index < -0.39 is 0 Å². The van der Waals surface area contributed by atoms with Gasteiger partial charge in [-0.2, -0.15) is 0 Å². The molecule has 2 saturated carbocycles. The molecule has 1 aromatic rings. The number of halogens is 1. The minimum absolute atomic E-state index is 0. The first-order valence-corrected chi connectivity index (χ1v) is 11.7. The van der Waals surface area contributed by atoms with Crippen molar-refractivity contribution in [3.8, 4) is 5.75 Å². The van der Waals surface area contributed by atoms with Crippen LogP contribution in [0.25, 0.3) is 0 Å². The molecule has 1 unspecified atom stereocenters. The number of nitrogens with one attached hydrogen (secondary N) is 2. The van der Waals surface area contributed by atoms with Crippen LogP contribution < -0.4 is 15.4 Å². The quantitative estimate of drug-likeness (QED) is 0.313. The maximum Gasteiger partial charge on any atom is 0.225 e. The number of rotatable bonds is 7. The van der Waals surface area contributed by atoms with Gasteiger partial charge < -0.3 is 20.3 Å². The molecular weight excluding hydrogens is 503 g/mol. The first-order valence-electron chi connectivity index (χ1n) is 11.7. The highest BCUT2D eigenvalue weighted by molar-refractivity contribution is 14.0. The molecule has 1 heterocycles. The Hall–Kier alpha value is -1.51. The van der Waals surface area contributed by atoms with Crippen molar-refractivity contribution in [1.29, 1.82) is 0 Å². The van der Waals surface area contributed by atoms with Crippen LogP contribution in [0.1, 0.15) is 56.9 Å². The Labute approximate surface area is 203 Å². The molecule has 1 aliphatic heterocycles. The van der Waals surface area contributed by atoms with Crippen molar-refractivity contribution in [2.75, 3.05) is 26.7 Å². The molecule has 6 nitrogen and oxygen atoms in total. The highest BCUT2D eigenvalue weighted by Gasteiger charge is 2.31. The van der Waals surface area contributed by atoms with Crippen LogP contribution in [0.4, 0.5) is 0 Å². The van der Waals surface area contributed by atoms with Crippen molar-refractivity contribution in [3.63, 3.8) is 0 Å². The molecule has 0 radical (unpaired) electrons. The predicted molar refractivity (Wildman–Crippen MR) is 135 cm³/mol. The average Bonchev–Trinajstić information content (AvgIpc) is 3.51. The van der Waals surface area contributed by atoms with Gasteiger partial charge >= 0.3 is 0 Å². The van der Waals surface area contributed by atoms with Crippen molar-refractivity contribution in [2.24, 2.45) is 16.8 Å². The maximum atomic E-state index is 12.8. The van der Waals surface area contributed by atoms with Gasteiger partial charge in [0.05, 0.1) is 6.61 Å². The Morgan fingerprint density at radius 3 is 2.65 bits per heavy atom. The Balaban J connectivity index is 0.00000272. The topological polar surface area (TPSA) is 66.0 Å². The van der Waals surface area contributed by atoms with Crippen LogP contribution in [0.5, 0.6) is 5.75 Å². The summed E-state index contributed by atoms with van der Waals surface area (Å²) in [5.41, 5.74) is 1.14. The van der Waals surface area contributed by atoms with Gasteiger partial charge in [-0.1, -0.05) is 37.5 Å². The van der Waals surface area contributed by atoms with E-state index in [2.05, 4.69) is 26.6 Å². The molecule has 1 amide bonds. The maximum absolute atomic E-state index is 12.8. The van der Waals surface area contributed by atoms with Gasteiger partial charge in [0.2, 0.25) is 5.91 Å². The molecule has 7 heteroatoms. The van der Waals surface area contributed by atoms with E-state index in [-0.39, 0.29) is 35.9 Å². The highest BCUT2D eigenvalue weighted by Crippen LogP contribution is 2.30. The van der Waals surface area contributed by atoms with Gasteiger partial charge in [0, 0.05) is 44.2 Å². The fourth-order valence-corrected chi connectivity index (χ4v) is 4.54. The second-order valence-corrected chi connectivity index (χ2v) is 9.04. The SMILES string of the molecule is CN=C(NCc1ccccc1OCC1CC1)NC1CCN(C(=O)C2CCCCC2)C1.I. The smallest absolute Gasteiger partial charge is 0.225 e. The van der Waals surface area contributed by atoms with E-state index >= 15 is 0 Å². The Morgan fingerprint density at radius 1 is 1.13 bits per heavy atom. The number of carbonyl (C=O) groups excluding carboxylic acids is 1. The molecule has 1 aromatic carbocycles. The monoisotopic (exact) mass is 540 g/mol. The third-order valence-electron chi connectivity index (χ3n) is 6.61. The summed E-state index contributed by atoms with van der Waals surface area (Å²) in [4.78, 5) is 19.2. The normalized spacial score (nSPS) is 22.0. The summed E-state index contributed by atoms with van der Waals surface area (Å²) in [7, 11) is 1.80. The Bertz CT molecular complexity index is 747. The van der Waals surface area contributed by atoms with E-state index in [0.717, 1.165) is 62.1 Å². The molecule has 3 fully saturated rings. The Kier molecular flexibility index (Phi) is 9.29. The van der Waals surface area contributed by atoms with E-state index in [1.165, 1.54) is 32.1 Å². The molecule has 0 aromatic heterocycles. The third-order valence-corrected chi connectivity index (χ3v) is 6.61. The molecule has 4 rings (SSSR count). The molecule has 172 valence electrons. The molecule has 0 bridgehead atoms. The van der Waals surface area contributed by atoms with Crippen LogP contribution in [-0.2, 0) is 11.3 Å². The largest absolute Gasteiger partial charge is 0.493 e. The lowest BCUT2D eigenvalue weighted by Crippen LogP contribution is -2.45. The van der Waals surface area contributed by atoms with E-state index in [0.29, 0.717) is 12.5 Å². The third kappa shape index (κ3) is 6.99. The zero-order chi connectivity index (χ0) is 20.8. The second-order valence-electron chi connectivity index (χ2n) is 9.04. The summed E-state index contributed by atoms with van der Waals surface area (Å²) >= 11 is 0. The summed E-state index contributed by atoms with van der Waals surface area (Å²) < 4.78 is 6.01. The molecule has 2 aliphatic carbocycles. The van der Waals surface area contributed by atoms with Gasteiger partial charge in [-0.3, -0.25) is 9.79 Å². The number of hydrogen-bond acceptors (Lipinski definition) is 3. The van der Waals surface area contributed by atoms with Crippen LogP contribution in [0.2, 0.25) is 0 Å². The Morgan fingerprint density at radius 2 is 1.90 bits per heavy atom. The standard InChI is InChI=1S/C24H36N4O2.HI/c1-25-24(26-15-20-9-5-6-10-22(20)30-17-18-11-12-18)27-21-13-14-28(16-21)23(29)19-7-3-2-4-8-19;/h5-6,9-10,18-19,21H,2-4,7-8,11-17H2,1H3,(H2,25,26,27);1H. The first-order chi connectivity index (χ1) is 14.7. The number of guanidine groups is 1. The number of hydrogen-bond donors (Lipinski definition) is 2. The fraction of sp³-hybridized carbons (Fsp3) is 0.667. The summed E-state index contributed by atoms with van der Waals surface area (Å²) in [6.45, 7) is 3.10. The van der Waals surface area contributed by atoms with Crippen molar-refractivity contribution >= 4 is 35.8 Å². The molecule has 3 aliphatic rings. The minimum atomic E-state index is 0. The molecule has 31 heavy (non-hydrogen) atoms. The predicted octanol–water partition coefficient (Wildman–Crippen LogP) is 3.94. The van der Waals surface area contributed by atoms with Gasteiger partial charge in [-0.15, -0.1) is 24.0 Å². The van der Waals surface area contributed by atoms with Crippen LogP contribution in [0, 0.1) is 11.8 Å².